The molecule has 0 fully saturated rings. The van der Waals surface area contributed by atoms with E-state index in [4.69, 9.17) is 5.73 Å². The van der Waals surface area contributed by atoms with Gasteiger partial charge in [0.15, 0.2) is 0 Å². The van der Waals surface area contributed by atoms with Crippen molar-refractivity contribution in [3.05, 3.63) is 65.2 Å². The third-order valence-corrected chi connectivity index (χ3v) is 3.52. The monoisotopic (exact) mass is 270 g/mol. The number of phenols is 1. The molecule has 20 heavy (non-hydrogen) atoms. The minimum Gasteiger partial charge on any atom is -0.508 e. The van der Waals surface area contributed by atoms with E-state index < -0.39 is 0 Å². The van der Waals surface area contributed by atoms with Gasteiger partial charge in [0, 0.05) is 19.6 Å². The fraction of sp³-hybridized carbons (Fsp3) is 0.294. The second kappa shape index (κ2) is 7.08. The average Bonchev–Trinajstić information content (AvgIpc) is 2.49. The maximum atomic E-state index is 9.32. The molecule has 0 radical (unpaired) electrons. The van der Waals surface area contributed by atoms with Crippen LogP contribution in [-0.4, -0.2) is 16.6 Å². The highest BCUT2D eigenvalue weighted by molar-refractivity contribution is 5.28. The third kappa shape index (κ3) is 3.83. The second-order valence-corrected chi connectivity index (χ2v) is 4.94. The Morgan fingerprint density at radius 2 is 1.60 bits per heavy atom. The lowest BCUT2D eigenvalue weighted by Gasteiger charge is -2.22. The van der Waals surface area contributed by atoms with Gasteiger partial charge >= 0.3 is 0 Å². The molecule has 0 saturated carbocycles. The standard InChI is InChI=1S/C17H22N2O/c1-2-19(12-14-7-9-17(20)10-8-14)13-16-6-4-3-5-15(16)11-18/h3-10,20H,2,11-13,18H2,1H3. The summed E-state index contributed by atoms with van der Waals surface area (Å²) in [6.07, 6.45) is 0. The molecule has 0 bridgehead atoms. The van der Waals surface area contributed by atoms with E-state index in [1.54, 1.807) is 12.1 Å². The van der Waals surface area contributed by atoms with Crippen LogP contribution in [-0.2, 0) is 19.6 Å². The summed E-state index contributed by atoms with van der Waals surface area (Å²) in [5.74, 6) is 0.310. The van der Waals surface area contributed by atoms with Gasteiger partial charge in [0.1, 0.15) is 5.75 Å². The molecule has 106 valence electrons. The molecule has 0 atom stereocenters. The minimum atomic E-state index is 0.310. The van der Waals surface area contributed by atoms with Gasteiger partial charge in [0.25, 0.3) is 0 Å². The van der Waals surface area contributed by atoms with E-state index in [1.807, 2.05) is 18.2 Å². The molecule has 2 rings (SSSR count). The molecule has 3 N–H and O–H groups in total. The van der Waals surface area contributed by atoms with Crippen molar-refractivity contribution < 1.29 is 5.11 Å². The van der Waals surface area contributed by atoms with Crippen LogP contribution >= 0.6 is 0 Å². The average molecular weight is 270 g/mol. The molecular formula is C17H22N2O. The number of hydrogen-bond donors (Lipinski definition) is 2. The lowest BCUT2D eigenvalue weighted by Crippen LogP contribution is -2.23. The number of nitrogens with zero attached hydrogens (tertiary/aromatic N) is 1. The summed E-state index contributed by atoms with van der Waals surface area (Å²) in [5.41, 5.74) is 9.49. The molecule has 3 heteroatoms. The van der Waals surface area contributed by atoms with Crippen molar-refractivity contribution in [2.75, 3.05) is 6.54 Å². The van der Waals surface area contributed by atoms with E-state index in [0.29, 0.717) is 12.3 Å². The first-order valence-electron chi connectivity index (χ1n) is 7.00. The molecule has 0 saturated heterocycles. The van der Waals surface area contributed by atoms with Crippen LogP contribution in [0.5, 0.6) is 5.75 Å². The van der Waals surface area contributed by atoms with E-state index in [2.05, 4.69) is 30.0 Å². The van der Waals surface area contributed by atoms with Gasteiger partial charge in [-0.25, -0.2) is 0 Å². The Kier molecular flexibility index (Phi) is 5.16. The molecule has 0 aliphatic heterocycles. The molecule has 0 heterocycles. The van der Waals surface area contributed by atoms with Crippen molar-refractivity contribution in [2.24, 2.45) is 5.73 Å². The Hall–Kier alpha value is -1.84. The second-order valence-electron chi connectivity index (χ2n) is 4.94. The Balaban J connectivity index is 2.07. The summed E-state index contributed by atoms with van der Waals surface area (Å²) in [6.45, 7) is 5.47. The van der Waals surface area contributed by atoms with Crippen molar-refractivity contribution >= 4 is 0 Å². The summed E-state index contributed by atoms with van der Waals surface area (Å²) in [4.78, 5) is 2.36. The van der Waals surface area contributed by atoms with Crippen molar-refractivity contribution in [1.29, 1.82) is 0 Å². The van der Waals surface area contributed by atoms with E-state index in [9.17, 15) is 5.11 Å². The predicted molar refractivity (Wildman–Crippen MR) is 82.2 cm³/mol. The van der Waals surface area contributed by atoms with Crippen LogP contribution in [0.2, 0.25) is 0 Å². The Morgan fingerprint density at radius 1 is 0.950 bits per heavy atom. The van der Waals surface area contributed by atoms with Gasteiger partial charge in [0.2, 0.25) is 0 Å². The van der Waals surface area contributed by atoms with Crippen molar-refractivity contribution in [3.63, 3.8) is 0 Å². The molecule has 0 spiro atoms. The first kappa shape index (κ1) is 14.6. The maximum absolute atomic E-state index is 9.32. The number of nitrogens with two attached hydrogens (primary N) is 1. The van der Waals surface area contributed by atoms with E-state index in [-0.39, 0.29) is 0 Å². The highest BCUT2D eigenvalue weighted by atomic mass is 16.3. The normalized spacial score (nSPS) is 10.9. The van der Waals surface area contributed by atoms with Crippen LogP contribution in [0.3, 0.4) is 0 Å². The SMILES string of the molecule is CCN(Cc1ccc(O)cc1)Cc1ccccc1CN. The van der Waals surface area contributed by atoms with Gasteiger partial charge in [-0.3, -0.25) is 4.90 Å². The molecule has 2 aromatic rings. The van der Waals surface area contributed by atoms with Crippen LogP contribution < -0.4 is 5.73 Å². The summed E-state index contributed by atoms with van der Waals surface area (Å²) >= 11 is 0. The van der Waals surface area contributed by atoms with Crippen LogP contribution in [0, 0.1) is 0 Å². The Bertz CT molecular complexity index is 537. The van der Waals surface area contributed by atoms with Crippen molar-refractivity contribution in [2.45, 2.75) is 26.6 Å². The summed E-state index contributed by atoms with van der Waals surface area (Å²) in [7, 11) is 0. The first-order valence-corrected chi connectivity index (χ1v) is 7.00. The van der Waals surface area contributed by atoms with Gasteiger partial charge in [-0.15, -0.1) is 0 Å². The zero-order valence-corrected chi connectivity index (χ0v) is 11.9. The predicted octanol–water partition coefficient (Wildman–Crippen LogP) is 2.87. The fourth-order valence-corrected chi connectivity index (χ4v) is 2.29. The lowest BCUT2D eigenvalue weighted by atomic mass is 10.1. The van der Waals surface area contributed by atoms with Crippen molar-refractivity contribution in [3.8, 4) is 5.75 Å². The lowest BCUT2D eigenvalue weighted by molar-refractivity contribution is 0.270. The topological polar surface area (TPSA) is 49.5 Å². The molecular weight excluding hydrogens is 248 g/mol. The molecule has 2 aromatic carbocycles. The summed E-state index contributed by atoms with van der Waals surface area (Å²) in [6, 6.07) is 15.7. The number of rotatable bonds is 6. The van der Waals surface area contributed by atoms with Crippen LogP contribution in [0.4, 0.5) is 0 Å². The quantitative estimate of drug-likeness (QED) is 0.848. The van der Waals surface area contributed by atoms with Gasteiger partial charge < -0.3 is 10.8 Å². The molecule has 0 aromatic heterocycles. The number of hydrogen-bond acceptors (Lipinski definition) is 3. The third-order valence-electron chi connectivity index (χ3n) is 3.52. The van der Waals surface area contributed by atoms with Crippen LogP contribution in [0.1, 0.15) is 23.6 Å². The summed E-state index contributed by atoms with van der Waals surface area (Å²) in [5, 5.41) is 9.32. The molecule has 3 nitrogen and oxygen atoms in total. The number of benzene rings is 2. The minimum absolute atomic E-state index is 0.310. The van der Waals surface area contributed by atoms with Crippen LogP contribution in [0.25, 0.3) is 0 Å². The Labute approximate surface area is 120 Å². The fourth-order valence-electron chi connectivity index (χ4n) is 2.29. The number of phenolic OH excluding ortho intramolecular Hbond substituents is 1. The largest absolute Gasteiger partial charge is 0.508 e. The zero-order chi connectivity index (χ0) is 14.4. The van der Waals surface area contributed by atoms with E-state index in [1.165, 1.54) is 16.7 Å². The van der Waals surface area contributed by atoms with Gasteiger partial charge in [0.05, 0.1) is 0 Å². The van der Waals surface area contributed by atoms with Crippen LogP contribution in [0.15, 0.2) is 48.5 Å². The van der Waals surface area contributed by atoms with Gasteiger partial charge in [-0.1, -0.05) is 43.3 Å². The molecule has 0 unspecified atom stereocenters. The smallest absolute Gasteiger partial charge is 0.115 e. The first-order chi connectivity index (χ1) is 9.72. The highest BCUT2D eigenvalue weighted by Crippen LogP contribution is 2.15. The van der Waals surface area contributed by atoms with E-state index in [0.717, 1.165) is 19.6 Å². The highest BCUT2D eigenvalue weighted by Gasteiger charge is 2.07. The Morgan fingerprint density at radius 3 is 2.20 bits per heavy atom. The maximum Gasteiger partial charge on any atom is 0.115 e. The van der Waals surface area contributed by atoms with E-state index >= 15 is 0 Å². The van der Waals surface area contributed by atoms with Crippen molar-refractivity contribution in [1.82, 2.24) is 4.90 Å². The summed E-state index contributed by atoms with van der Waals surface area (Å²) < 4.78 is 0. The molecule has 0 amide bonds. The zero-order valence-electron chi connectivity index (χ0n) is 11.9. The van der Waals surface area contributed by atoms with Gasteiger partial charge in [-0.05, 0) is 35.4 Å². The van der Waals surface area contributed by atoms with Gasteiger partial charge in [-0.2, -0.15) is 0 Å². The molecule has 0 aliphatic rings. The number of aromatic hydroxyl groups is 1. The molecule has 0 aliphatic carbocycles.